The molecule has 0 saturated heterocycles. The molecule has 13 heavy (non-hydrogen) atoms. The van der Waals surface area contributed by atoms with Gasteiger partial charge in [-0.1, -0.05) is 32.9 Å². The number of nitrogens with zero attached hydrogens (tertiary/aromatic N) is 3. The minimum Gasteiger partial charge on any atom is -0.252 e. The van der Waals surface area contributed by atoms with Crippen LogP contribution in [-0.4, -0.2) is 15.0 Å². The zero-order chi connectivity index (χ0) is 9.90. The van der Waals surface area contributed by atoms with Crippen LogP contribution in [0.2, 0.25) is 0 Å². The summed E-state index contributed by atoms with van der Waals surface area (Å²) in [5, 5.41) is 8.11. The van der Waals surface area contributed by atoms with Crippen LogP contribution in [0.5, 0.6) is 0 Å². The third kappa shape index (κ3) is 3.57. The quantitative estimate of drug-likeness (QED) is 0.716. The smallest absolute Gasteiger partial charge is 0.0824 e. The molecule has 0 aromatic carbocycles. The van der Waals surface area contributed by atoms with E-state index in [1.165, 1.54) is 0 Å². The first kappa shape index (κ1) is 10.2. The van der Waals surface area contributed by atoms with E-state index < -0.39 is 0 Å². The summed E-state index contributed by atoms with van der Waals surface area (Å²) in [6, 6.07) is 0. The fourth-order valence-electron chi connectivity index (χ4n) is 1.06. The van der Waals surface area contributed by atoms with Crippen LogP contribution in [0.1, 0.15) is 39.8 Å². The molecule has 1 heterocycles. The van der Waals surface area contributed by atoms with Gasteiger partial charge in [0.05, 0.1) is 5.69 Å². The largest absolute Gasteiger partial charge is 0.252 e. The molecule has 0 radical (unpaired) electrons. The van der Waals surface area contributed by atoms with Crippen molar-refractivity contribution in [1.29, 1.82) is 0 Å². The van der Waals surface area contributed by atoms with E-state index in [2.05, 4.69) is 38.0 Å². The molecule has 3 nitrogen and oxygen atoms in total. The van der Waals surface area contributed by atoms with E-state index in [0.29, 0.717) is 5.41 Å². The molecule has 0 aliphatic heterocycles. The lowest BCUT2D eigenvalue weighted by Gasteiger charge is -2.17. The predicted molar refractivity (Wildman–Crippen MR) is 53.5 cm³/mol. The Morgan fingerprint density at radius 2 is 2.08 bits per heavy atom. The van der Waals surface area contributed by atoms with Gasteiger partial charge in [0.15, 0.2) is 0 Å². The Morgan fingerprint density at radius 3 is 2.54 bits per heavy atom. The molecule has 1 rings (SSSR count). The molecular formula is C10H19N3. The average Bonchev–Trinajstić information content (AvgIpc) is 2.47. The van der Waals surface area contributed by atoms with Gasteiger partial charge in [0.1, 0.15) is 0 Å². The monoisotopic (exact) mass is 181 g/mol. The second-order valence-corrected chi connectivity index (χ2v) is 4.64. The second-order valence-electron chi connectivity index (χ2n) is 4.64. The minimum absolute atomic E-state index is 0.373. The van der Waals surface area contributed by atoms with E-state index in [4.69, 9.17) is 0 Å². The van der Waals surface area contributed by atoms with Crippen molar-refractivity contribution in [1.82, 2.24) is 15.0 Å². The molecule has 0 unspecified atom stereocenters. The van der Waals surface area contributed by atoms with Crippen LogP contribution in [0, 0.1) is 5.41 Å². The maximum Gasteiger partial charge on any atom is 0.0824 e. The van der Waals surface area contributed by atoms with Crippen molar-refractivity contribution in [2.45, 2.75) is 47.1 Å². The molecule has 0 spiro atoms. The maximum atomic E-state index is 4.06. The van der Waals surface area contributed by atoms with E-state index in [1.807, 2.05) is 10.9 Å². The third-order valence-corrected chi connectivity index (χ3v) is 2.04. The first-order valence-corrected chi connectivity index (χ1v) is 4.90. The normalized spacial score (nSPS) is 12.0. The van der Waals surface area contributed by atoms with Crippen LogP contribution in [-0.2, 0) is 13.0 Å². The highest BCUT2D eigenvalue weighted by atomic mass is 15.4. The summed E-state index contributed by atoms with van der Waals surface area (Å²) in [5.41, 5.74) is 1.45. The van der Waals surface area contributed by atoms with Crippen LogP contribution in [0.15, 0.2) is 6.20 Å². The summed E-state index contributed by atoms with van der Waals surface area (Å²) in [4.78, 5) is 0. The molecule has 74 valence electrons. The molecule has 0 N–H and O–H groups in total. The van der Waals surface area contributed by atoms with Crippen molar-refractivity contribution in [3.63, 3.8) is 0 Å². The molecular weight excluding hydrogens is 162 g/mol. The van der Waals surface area contributed by atoms with E-state index >= 15 is 0 Å². The van der Waals surface area contributed by atoms with Gasteiger partial charge in [0.25, 0.3) is 0 Å². The second kappa shape index (κ2) is 3.90. The predicted octanol–water partition coefficient (Wildman–Crippen LogP) is 2.28. The highest BCUT2D eigenvalue weighted by molar-refractivity contribution is 4.90. The lowest BCUT2D eigenvalue weighted by Crippen LogP contribution is -2.10. The Balaban J connectivity index is 2.46. The Hall–Kier alpha value is -0.860. The number of hydrogen-bond acceptors (Lipinski definition) is 2. The van der Waals surface area contributed by atoms with Crippen molar-refractivity contribution in [2.24, 2.45) is 5.41 Å². The summed E-state index contributed by atoms with van der Waals surface area (Å²) in [6.45, 7) is 9.79. The van der Waals surface area contributed by atoms with Crippen LogP contribution in [0.4, 0.5) is 0 Å². The van der Waals surface area contributed by atoms with Crippen LogP contribution >= 0.6 is 0 Å². The molecule has 0 amide bonds. The number of hydrogen-bond donors (Lipinski definition) is 0. The zero-order valence-electron chi connectivity index (χ0n) is 9.04. The Kier molecular flexibility index (Phi) is 3.07. The number of aryl methyl sites for hydroxylation is 2. The Labute approximate surface area is 80.1 Å². The molecule has 1 aromatic heterocycles. The Morgan fingerprint density at radius 1 is 1.38 bits per heavy atom. The van der Waals surface area contributed by atoms with Gasteiger partial charge in [-0.05, 0) is 18.3 Å². The van der Waals surface area contributed by atoms with Crippen molar-refractivity contribution in [3.8, 4) is 0 Å². The lowest BCUT2D eigenvalue weighted by atomic mass is 9.92. The van der Waals surface area contributed by atoms with Gasteiger partial charge in [-0.3, -0.25) is 4.68 Å². The van der Waals surface area contributed by atoms with Crippen LogP contribution < -0.4 is 0 Å². The molecule has 3 heteroatoms. The van der Waals surface area contributed by atoms with Gasteiger partial charge in [-0.25, -0.2) is 0 Å². The van der Waals surface area contributed by atoms with Gasteiger partial charge in [-0.15, -0.1) is 5.10 Å². The van der Waals surface area contributed by atoms with Crippen molar-refractivity contribution in [2.75, 3.05) is 0 Å². The highest BCUT2D eigenvalue weighted by Crippen LogP contribution is 2.18. The Bertz CT molecular complexity index is 257. The fraction of sp³-hybridized carbons (Fsp3) is 0.800. The van der Waals surface area contributed by atoms with E-state index in [1.54, 1.807) is 0 Å². The number of rotatable bonds is 3. The van der Waals surface area contributed by atoms with Gasteiger partial charge in [-0.2, -0.15) is 0 Å². The molecule has 0 aliphatic carbocycles. The first-order chi connectivity index (χ1) is 6.01. The standard InChI is InChI=1S/C10H19N3/c1-5-9-8-13(12-11-9)7-6-10(2,3)4/h8H,5-7H2,1-4H3. The van der Waals surface area contributed by atoms with Gasteiger partial charge in [0, 0.05) is 12.7 Å². The molecule has 1 aromatic rings. The zero-order valence-corrected chi connectivity index (χ0v) is 9.04. The van der Waals surface area contributed by atoms with Gasteiger partial charge >= 0.3 is 0 Å². The first-order valence-electron chi connectivity index (χ1n) is 4.90. The topological polar surface area (TPSA) is 30.7 Å². The van der Waals surface area contributed by atoms with Crippen LogP contribution in [0.25, 0.3) is 0 Å². The van der Waals surface area contributed by atoms with Crippen molar-refractivity contribution >= 4 is 0 Å². The maximum absolute atomic E-state index is 4.06. The summed E-state index contributed by atoms with van der Waals surface area (Å²) in [5.74, 6) is 0. The molecule has 0 saturated carbocycles. The SMILES string of the molecule is CCc1cn(CCC(C)(C)C)nn1. The van der Waals surface area contributed by atoms with Gasteiger partial charge < -0.3 is 0 Å². The van der Waals surface area contributed by atoms with E-state index in [-0.39, 0.29) is 0 Å². The molecule has 0 bridgehead atoms. The van der Waals surface area contributed by atoms with E-state index in [0.717, 1.165) is 25.1 Å². The molecule has 0 aliphatic rings. The average molecular weight is 181 g/mol. The van der Waals surface area contributed by atoms with Gasteiger partial charge in [0.2, 0.25) is 0 Å². The third-order valence-electron chi connectivity index (χ3n) is 2.04. The summed E-state index contributed by atoms with van der Waals surface area (Å²) < 4.78 is 1.93. The minimum atomic E-state index is 0.373. The summed E-state index contributed by atoms with van der Waals surface area (Å²) >= 11 is 0. The summed E-state index contributed by atoms with van der Waals surface area (Å²) in [7, 11) is 0. The fourth-order valence-corrected chi connectivity index (χ4v) is 1.06. The summed E-state index contributed by atoms with van der Waals surface area (Å²) in [6.07, 6.45) is 4.14. The number of aromatic nitrogens is 3. The molecule has 0 atom stereocenters. The van der Waals surface area contributed by atoms with Crippen LogP contribution in [0.3, 0.4) is 0 Å². The highest BCUT2D eigenvalue weighted by Gasteiger charge is 2.10. The van der Waals surface area contributed by atoms with E-state index in [9.17, 15) is 0 Å². The van der Waals surface area contributed by atoms with Crippen molar-refractivity contribution < 1.29 is 0 Å². The molecule has 0 fully saturated rings. The van der Waals surface area contributed by atoms with Crippen molar-refractivity contribution in [3.05, 3.63) is 11.9 Å². The lowest BCUT2D eigenvalue weighted by molar-refractivity contribution is 0.339.